The van der Waals surface area contributed by atoms with Gasteiger partial charge in [0.2, 0.25) is 5.91 Å². The van der Waals surface area contributed by atoms with E-state index >= 15 is 0 Å². The smallest absolute Gasteiger partial charge is 0.224 e. The first-order chi connectivity index (χ1) is 11.0. The van der Waals surface area contributed by atoms with E-state index in [1.807, 2.05) is 12.1 Å². The molecule has 6 heteroatoms. The van der Waals surface area contributed by atoms with Crippen LogP contribution in [0, 0.1) is 0 Å². The molecule has 0 aliphatic rings. The van der Waals surface area contributed by atoms with Gasteiger partial charge in [-0.05, 0) is 30.2 Å². The molecular formula is C17H17Cl2NO3. The maximum atomic E-state index is 12.1. The first-order valence-electron chi connectivity index (χ1n) is 6.99. The van der Waals surface area contributed by atoms with Crippen LogP contribution in [0.1, 0.15) is 12.0 Å². The summed E-state index contributed by atoms with van der Waals surface area (Å²) in [7, 11) is 3.04. The summed E-state index contributed by atoms with van der Waals surface area (Å²) in [5.41, 5.74) is 1.56. The van der Waals surface area contributed by atoms with Crippen LogP contribution in [0.5, 0.6) is 11.5 Å². The number of nitrogens with one attached hydrogen (secondary N) is 1. The zero-order valence-corrected chi connectivity index (χ0v) is 14.4. The molecule has 0 saturated heterocycles. The van der Waals surface area contributed by atoms with Crippen molar-refractivity contribution in [2.24, 2.45) is 0 Å². The summed E-state index contributed by atoms with van der Waals surface area (Å²) in [5.74, 6) is 0.855. The molecule has 2 rings (SSSR count). The van der Waals surface area contributed by atoms with Crippen LogP contribution in [0.4, 0.5) is 5.69 Å². The van der Waals surface area contributed by atoms with Crippen molar-refractivity contribution in [2.45, 2.75) is 12.8 Å². The van der Waals surface area contributed by atoms with Crippen LogP contribution < -0.4 is 14.8 Å². The van der Waals surface area contributed by atoms with E-state index in [1.165, 1.54) is 14.2 Å². The molecule has 2 aromatic rings. The largest absolute Gasteiger partial charge is 0.495 e. The van der Waals surface area contributed by atoms with E-state index < -0.39 is 0 Å². The second-order valence-corrected chi connectivity index (χ2v) is 5.71. The van der Waals surface area contributed by atoms with Crippen LogP contribution in [0.15, 0.2) is 36.4 Å². The summed E-state index contributed by atoms with van der Waals surface area (Å²) in [6.07, 6.45) is 0.962. The van der Waals surface area contributed by atoms with Crippen LogP contribution in [0.25, 0.3) is 0 Å². The number of aryl methyl sites for hydroxylation is 1. The maximum absolute atomic E-state index is 12.1. The Labute approximate surface area is 145 Å². The Bertz CT molecular complexity index is 687. The van der Waals surface area contributed by atoms with E-state index in [1.54, 1.807) is 24.3 Å². The van der Waals surface area contributed by atoms with Crippen molar-refractivity contribution in [3.8, 4) is 11.5 Å². The van der Waals surface area contributed by atoms with Gasteiger partial charge in [-0.3, -0.25) is 4.79 Å². The standard InChI is InChI=1S/C17H17Cl2NO3/c1-22-15-10-16(23-2)14(9-13(15)19)20-17(21)8-5-11-3-6-12(18)7-4-11/h3-4,6-7,9-10H,5,8H2,1-2H3,(H,20,21). The van der Waals surface area contributed by atoms with Crippen LogP contribution in [0.2, 0.25) is 10.0 Å². The van der Waals surface area contributed by atoms with Gasteiger partial charge in [0, 0.05) is 17.5 Å². The van der Waals surface area contributed by atoms with E-state index in [4.69, 9.17) is 32.7 Å². The molecule has 0 spiro atoms. The highest BCUT2D eigenvalue weighted by Gasteiger charge is 2.12. The van der Waals surface area contributed by atoms with Crippen molar-refractivity contribution in [2.75, 3.05) is 19.5 Å². The average molecular weight is 354 g/mol. The molecule has 0 fully saturated rings. The maximum Gasteiger partial charge on any atom is 0.224 e. The SMILES string of the molecule is COc1cc(OC)c(NC(=O)CCc2ccc(Cl)cc2)cc1Cl. The van der Waals surface area contributed by atoms with Gasteiger partial charge >= 0.3 is 0 Å². The predicted molar refractivity (Wildman–Crippen MR) is 93.0 cm³/mol. The zero-order valence-electron chi connectivity index (χ0n) is 12.9. The Morgan fingerprint density at radius 2 is 1.70 bits per heavy atom. The number of carbonyl (C=O) groups excluding carboxylic acids is 1. The number of methoxy groups -OCH3 is 2. The molecule has 0 heterocycles. The van der Waals surface area contributed by atoms with Gasteiger partial charge in [0.1, 0.15) is 11.5 Å². The Kier molecular flexibility index (Phi) is 6.13. The van der Waals surface area contributed by atoms with Gasteiger partial charge < -0.3 is 14.8 Å². The van der Waals surface area contributed by atoms with Crippen molar-refractivity contribution in [3.05, 3.63) is 52.0 Å². The Balaban J connectivity index is 2.02. The first-order valence-corrected chi connectivity index (χ1v) is 7.75. The van der Waals surface area contributed by atoms with Gasteiger partial charge in [0.25, 0.3) is 0 Å². The van der Waals surface area contributed by atoms with Crippen molar-refractivity contribution >= 4 is 34.8 Å². The number of halogens is 2. The molecular weight excluding hydrogens is 337 g/mol. The summed E-state index contributed by atoms with van der Waals surface area (Å²) < 4.78 is 10.4. The molecule has 0 aromatic heterocycles. The normalized spacial score (nSPS) is 10.3. The van der Waals surface area contributed by atoms with E-state index in [9.17, 15) is 4.79 Å². The minimum absolute atomic E-state index is 0.125. The van der Waals surface area contributed by atoms with Gasteiger partial charge in [-0.25, -0.2) is 0 Å². The molecule has 0 atom stereocenters. The van der Waals surface area contributed by atoms with Crippen molar-refractivity contribution in [1.82, 2.24) is 0 Å². The third-order valence-electron chi connectivity index (χ3n) is 3.30. The molecule has 1 amide bonds. The van der Waals surface area contributed by atoms with Crippen LogP contribution in [0.3, 0.4) is 0 Å². The Hall–Kier alpha value is -1.91. The second kappa shape index (κ2) is 8.09. The highest BCUT2D eigenvalue weighted by atomic mass is 35.5. The number of benzene rings is 2. The van der Waals surface area contributed by atoms with Crippen LogP contribution in [-0.2, 0) is 11.2 Å². The number of rotatable bonds is 6. The van der Waals surface area contributed by atoms with E-state index in [0.717, 1.165) is 5.56 Å². The fourth-order valence-electron chi connectivity index (χ4n) is 2.08. The number of amides is 1. The minimum atomic E-state index is -0.125. The number of hydrogen-bond donors (Lipinski definition) is 1. The number of anilines is 1. The second-order valence-electron chi connectivity index (χ2n) is 4.86. The lowest BCUT2D eigenvalue weighted by molar-refractivity contribution is -0.116. The van der Waals surface area contributed by atoms with Crippen molar-refractivity contribution in [1.29, 1.82) is 0 Å². The van der Waals surface area contributed by atoms with Gasteiger partial charge in [0.15, 0.2) is 0 Å². The van der Waals surface area contributed by atoms with Gasteiger partial charge in [0.05, 0.1) is 24.9 Å². The summed E-state index contributed by atoms with van der Waals surface area (Å²) in [6, 6.07) is 10.7. The number of ether oxygens (including phenoxy) is 2. The third kappa shape index (κ3) is 4.78. The molecule has 0 bridgehead atoms. The topological polar surface area (TPSA) is 47.6 Å². The molecule has 23 heavy (non-hydrogen) atoms. The molecule has 2 aromatic carbocycles. The van der Waals surface area contributed by atoms with Gasteiger partial charge in [-0.15, -0.1) is 0 Å². The Morgan fingerprint density at radius 1 is 1.04 bits per heavy atom. The van der Waals surface area contributed by atoms with E-state index in [-0.39, 0.29) is 5.91 Å². The fourth-order valence-corrected chi connectivity index (χ4v) is 2.45. The summed E-state index contributed by atoms with van der Waals surface area (Å²) in [5, 5.41) is 3.89. The highest BCUT2D eigenvalue weighted by Crippen LogP contribution is 2.35. The van der Waals surface area contributed by atoms with E-state index in [2.05, 4.69) is 5.32 Å². The quantitative estimate of drug-likeness (QED) is 0.826. The molecule has 122 valence electrons. The van der Waals surface area contributed by atoms with Gasteiger partial charge in [-0.1, -0.05) is 35.3 Å². The minimum Gasteiger partial charge on any atom is -0.495 e. The number of carbonyl (C=O) groups is 1. The summed E-state index contributed by atoms with van der Waals surface area (Å²) >= 11 is 11.9. The zero-order chi connectivity index (χ0) is 16.8. The first kappa shape index (κ1) is 17.4. The fraction of sp³-hybridized carbons (Fsp3) is 0.235. The molecule has 0 aliphatic carbocycles. The molecule has 0 aliphatic heterocycles. The lowest BCUT2D eigenvalue weighted by atomic mass is 10.1. The van der Waals surface area contributed by atoms with Crippen LogP contribution in [-0.4, -0.2) is 20.1 Å². The predicted octanol–water partition coefficient (Wildman–Crippen LogP) is 4.58. The highest BCUT2D eigenvalue weighted by molar-refractivity contribution is 6.32. The van der Waals surface area contributed by atoms with E-state index in [0.29, 0.717) is 40.1 Å². The average Bonchev–Trinajstić information content (AvgIpc) is 2.54. The lowest BCUT2D eigenvalue weighted by Gasteiger charge is -2.13. The third-order valence-corrected chi connectivity index (χ3v) is 3.85. The molecule has 4 nitrogen and oxygen atoms in total. The van der Waals surface area contributed by atoms with Crippen LogP contribution >= 0.6 is 23.2 Å². The van der Waals surface area contributed by atoms with Gasteiger partial charge in [-0.2, -0.15) is 0 Å². The summed E-state index contributed by atoms with van der Waals surface area (Å²) in [6.45, 7) is 0. The Morgan fingerprint density at radius 3 is 2.30 bits per heavy atom. The summed E-state index contributed by atoms with van der Waals surface area (Å²) in [4.78, 5) is 12.1. The molecule has 0 unspecified atom stereocenters. The number of hydrogen-bond acceptors (Lipinski definition) is 3. The lowest BCUT2D eigenvalue weighted by Crippen LogP contribution is -2.13. The van der Waals surface area contributed by atoms with Crippen molar-refractivity contribution < 1.29 is 14.3 Å². The monoisotopic (exact) mass is 353 g/mol. The van der Waals surface area contributed by atoms with Crippen molar-refractivity contribution in [3.63, 3.8) is 0 Å². The molecule has 0 radical (unpaired) electrons. The molecule has 0 saturated carbocycles. The molecule has 1 N–H and O–H groups in total.